The van der Waals surface area contributed by atoms with E-state index in [9.17, 15) is 13.2 Å². The van der Waals surface area contributed by atoms with Crippen molar-refractivity contribution in [3.8, 4) is 0 Å². The first-order valence-electron chi connectivity index (χ1n) is 7.79. The Balaban J connectivity index is 1.84. The van der Waals surface area contributed by atoms with Crippen molar-refractivity contribution in [2.75, 3.05) is 11.5 Å². The van der Waals surface area contributed by atoms with Crippen LogP contribution in [0.15, 0.2) is 24.3 Å². The molecule has 128 valence electrons. The fraction of sp³-hybridized carbons (Fsp3) is 0.562. The molecule has 1 fully saturated rings. The summed E-state index contributed by atoms with van der Waals surface area (Å²) in [6.45, 7) is 4.83. The molecule has 1 aliphatic rings. The van der Waals surface area contributed by atoms with Crippen molar-refractivity contribution >= 4 is 15.9 Å². The zero-order chi connectivity index (χ0) is 16.9. The first kappa shape index (κ1) is 17.7. The normalized spacial score (nSPS) is 19.7. The number of amides is 2. The summed E-state index contributed by atoms with van der Waals surface area (Å²) in [5, 5.41) is 5.49. The van der Waals surface area contributed by atoms with Gasteiger partial charge in [0.15, 0.2) is 9.84 Å². The molecule has 1 aliphatic heterocycles. The van der Waals surface area contributed by atoms with Gasteiger partial charge in [0.05, 0.1) is 24.2 Å². The van der Waals surface area contributed by atoms with Crippen LogP contribution in [0.5, 0.6) is 0 Å². The molecule has 0 bridgehead atoms. The Morgan fingerprint density at radius 3 is 2.61 bits per heavy atom. The maximum atomic E-state index is 11.9. The van der Waals surface area contributed by atoms with E-state index in [1.807, 2.05) is 38.1 Å². The zero-order valence-electron chi connectivity index (χ0n) is 13.5. The Labute approximate surface area is 137 Å². The maximum Gasteiger partial charge on any atom is 0.315 e. The number of carbonyl (C=O) groups is 1. The van der Waals surface area contributed by atoms with Crippen LogP contribution in [0.3, 0.4) is 0 Å². The van der Waals surface area contributed by atoms with E-state index in [0.717, 1.165) is 11.1 Å². The van der Waals surface area contributed by atoms with Gasteiger partial charge in [-0.15, -0.1) is 0 Å². The SMILES string of the molecule is CC(C)OCc1ccccc1CNC(=O)NC1CCS(=O)(=O)C1. The lowest BCUT2D eigenvalue weighted by Crippen LogP contribution is -2.42. The van der Waals surface area contributed by atoms with Gasteiger partial charge in [0, 0.05) is 12.6 Å². The zero-order valence-corrected chi connectivity index (χ0v) is 14.4. The molecule has 1 saturated heterocycles. The lowest BCUT2D eigenvalue weighted by atomic mass is 10.1. The van der Waals surface area contributed by atoms with Crippen LogP contribution in [0.25, 0.3) is 0 Å². The van der Waals surface area contributed by atoms with Gasteiger partial charge in [-0.05, 0) is 31.4 Å². The number of sulfone groups is 1. The molecule has 1 atom stereocenters. The minimum Gasteiger partial charge on any atom is -0.374 e. The number of ether oxygens (including phenoxy) is 1. The van der Waals surface area contributed by atoms with E-state index < -0.39 is 9.84 Å². The van der Waals surface area contributed by atoms with E-state index in [-0.39, 0.29) is 29.7 Å². The summed E-state index contributed by atoms with van der Waals surface area (Å²) in [5.74, 6) is 0.173. The standard InChI is InChI=1S/C16H24N2O4S/c1-12(2)22-10-14-6-4-3-5-13(14)9-17-16(19)18-15-7-8-23(20,21)11-15/h3-6,12,15H,7-11H2,1-2H3,(H2,17,18,19). The monoisotopic (exact) mass is 340 g/mol. The highest BCUT2D eigenvalue weighted by Gasteiger charge is 2.28. The second-order valence-electron chi connectivity index (χ2n) is 6.06. The Kier molecular flexibility index (Phi) is 6.01. The number of benzene rings is 1. The quantitative estimate of drug-likeness (QED) is 0.824. The summed E-state index contributed by atoms with van der Waals surface area (Å²) >= 11 is 0. The molecular weight excluding hydrogens is 316 g/mol. The van der Waals surface area contributed by atoms with E-state index in [0.29, 0.717) is 19.6 Å². The molecule has 0 aromatic heterocycles. The lowest BCUT2D eigenvalue weighted by molar-refractivity contribution is 0.0652. The minimum atomic E-state index is -2.99. The van der Waals surface area contributed by atoms with Crippen molar-refractivity contribution in [1.29, 1.82) is 0 Å². The highest BCUT2D eigenvalue weighted by atomic mass is 32.2. The van der Waals surface area contributed by atoms with Crippen LogP contribution in [0.2, 0.25) is 0 Å². The summed E-state index contributed by atoms with van der Waals surface area (Å²) in [6, 6.07) is 7.13. The average Bonchev–Trinajstić information content (AvgIpc) is 2.82. The van der Waals surface area contributed by atoms with Gasteiger partial charge in [-0.2, -0.15) is 0 Å². The van der Waals surface area contributed by atoms with Crippen molar-refractivity contribution in [3.63, 3.8) is 0 Å². The van der Waals surface area contributed by atoms with Crippen LogP contribution in [0, 0.1) is 0 Å². The van der Waals surface area contributed by atoms with Crippen LogP contribution >= 0.6 is 0 Å². The largest absolute Gasteiger partial charge is 0.374 e. The fourth-order valence-electron chi connectivity index (χ4n) is 2.45. The van der Waals surface area contributed by atoms with Gasteiger partial charge in [0.25, 0.3) is 0 Å². The Morgan fingerprint density at radius 1 is 1.30 bits per heavy atom. The number of carbonyl (C=O) groups excluding carboxylic acids is 1. The highest BCUT2D eigenvalue weighted by molar-refractivity contribution is 7.91. The molecule has 23 heavy (non-hydrogen) atoms. The van der Waals surface area contributed by atoms with Gasteiger partial charge in [0.2, 0.25) is 0 Å². The first-order chi connectivity index (χ1) is 10.9. The van der Waals surface area contributed by atoms with Gasteiger partial charge in [-0.1, -0.05) is 24.3 Å². The number of hydrogen-bond donors (Lipinski definition) is 2. The summed E-state index contributed by atoms with van der Waals surface area (Å²) in [6.07, 6.45) is 0.623. The first-order valence-corrected chi connectivity index (χ1v) is 9.61. The van der Waals surface area contributed by atoms with Crippen molar-refractivity contribution in [3.05, 3.63) is 35.4 Å². The number of nitrogens with one attached hydrogen (secondary N) is 2. The number of rotatable bonds is 6. The third kappa shape index (κ3) is 5.84. The molecule has 0 saturated carbocycles. The van der Waals surface area contributed by atoms with Gasteiger partial charge in [-0.25, -0.2) is 13.2 Å². The molecule has 2 N–H and O–H groups in total. The topological polar surface area (TPSA) is 84.5 Å². The molecule has 1 unspecified atom stereocenters. The van der Waals surface area contributed by atoms with Gasteiger partial charge in [0.1, 0.15) is 0 Å². The Bertz CT molecular complexity index is 643. The molecule has 1 aromatic rings. The van der Waals surface area contributed by atoms with Crippen LogP contribution in [0.4, 0.5) is 4.79 Å². The molecule has 2 rings (SSSR count). The summed E-state index contributed by atoms with van der Waals surface area (Å²) in [5.41, 5.74) is 2.02. The lowest BCUT2D eigenvalue weighted by Gasteiger charge is -2.15. The second kappa shape index (κ2) is 7.79. The summed E-state index contributed by atoms with van der Waals surface area (Å²) < 4.78 is 28.4. The van der Waals surface area contributed by atoms with Crippen molar-refractivity contribution in [2.45, 2.75) is 45.6 Å². The molecule has 7 heteroatoms. The molecule has 0 aliphatic carbocycles. The average molecular weight is 340 g/mol. The van der Waals surface area contributed by atoms with Crippen molar-refractivity contribution in [1.82, 2.24) is 10.6 Å². The molecule has 0 spiro atoms. The van der Waals surface area contributed by atoms with Crippen molar-refractivity contribution in [2.24, 2.45) is 0 Å². The van der Waals surface area contributed by atoms with Crippen LogP contribution in [0.1, 0.15) is 31.4 Å². The van der Waals surface area contributed by atoms with Gasteiger partial charge in [-0.3, -0.25) is 0 Å². The summed E-state index contributed by atoms with van der Waals surface area (Å²) in [7, 11) is -2.99. The van der Waals surface area contributed by atoms with Crippen LogP contribution in [-0.2, 0) is 27.7 Å². The van der Waals surface area contributed by atoms with Crippen LogP contribution in [-0.4, -0.2) is 38.1 Å². The van der Waals surface area contributed by atoms with Gasteiger partial charge >= 0.3 is 6.03 Å². The molecule has 1 heterocycles. The fourth-order valence-corrected chi connectivity index (χ4v) is 4.12. The van der Waals surface area contributed by atoms with Crippen molar-refractivity contribution < 1.29 is 17.9 Å². The molecular formula is C16H24N2O4S. The predicted molar refractivity (Wildman–Crippen MR) is 88.8 cm³/mol. The predicted octanol–water partition coefficient (Wildman–Crippen LogP) is 1.60. The smallest absolute Gasteiger partial charge is 0.315 e. The third-order valence-electron chi connectivity index (χ3n) is 3.70. The Morgan fingerprint density at radius 2 is 2.00 bits per heavy atom. The number of hydrogen-bond acceptors (Lipinski definition) is 4. The molecule has 0 radical (unpaired) electrons. The maximum absolute atomic E-state index is 11.9. The minimum absolute atomic E-state index is 0.0270. The van der Waals surface area contributed by atoms with Crippen LogP contribution < -0.4 is 10.6 Å². The van der Waals surface area contributed by atoms with E-state index in [1.165, 1.54) is 0 Å². The van der Waals surface area contributed by atoms with E-state index in [4.69, 9.17) is 4.74 Å². The Hall–Kier alpha value is -1.60. The van der Waals surface area contributed by atoms with E-state index in [1.54, 1.807) is 0 Å². The third-order valence-corrected chi connectivity index (χ3v) is 5.47. The van der Waals surface area contributed by atoms with E-state index >= 15 is 0 Å². The molecule has 2 amide bonds. The highest BCUT2D eigenvalue weighted by Crippen LogP contribution is 2.12. The number of urea groups is 1. The second-order valence-corrected chi connectivity index (χ2v) is 8.28. The van der Waals surface area contributed by atoms with Gasteiger partial charge < -0.3 is 15.4 Å². The molecule has 1 aromatic carbocycles. The summed E-state index contributed by atoms with van der Waals surface area (Å²) in [4.78, 5) is 11.9. The molecule has 6 nitrogen and oxygen atoms in total. The van der Waals surface area contributed by atoms with E-state index in [2.05, 4.69) is 10.6 Å².